The van der Waals surface area contributed by atoms with Crippen LogP contribution in [0.2, 0.25) is 0 Å². The van der Waals surface area contributed by atoms with Crippen LogP contribution in [0.1, 0.15) is 17.3 Å². The van der Waals surface area contributed by atoms with Crippen LogP contribution >= 0.6 is 0 Å². The summed E-state index contributed by atoms with van der Waals surface area (Å²) in [6, 6.07) is 12.9. The quantitative estimate of drug-likeness (QED) is 0.762. The van der Waals surface area contributed by atoms with Gasteiger partial charge in [0.05, 0.1) is 14.2 Å². The monoisotopic (exact) mass is 412 g/mol. The number of hydrogen-bond donors (Lipinski definition) is 2. The number of carbonyl (C=O) groups excluding carboxylic acids is 2. The Morgan fingerprint density at radius 1 is 0.933 bits per heavy atom. The molecule has 30 heavy (non-hydrogen) atoms. The van der Waals surface area contributed by atoms with Crippen LogP contribution in [0, 0.1) is 0 Å². The second kappa shape index (κ2) is 9.87. The molecule has 0 aliphatic carbocycles. The summed E-state index contributed by atoms with van der Waals surface area (Å²) in [6.45, 7) is 5.43. The third-order valence-corrected chi connectivity index (χ3v) is 5.04. The number of anilines is 2. The highest BCUT2D eigenvalue weighted by Gasteiger charge is 2.21. The number of ether oxygens (including phenoxy) is 2. The predicted octanol–water partition coefficient (Wildman–Crippen LogP) is 2.81. The molecule has 0 bridgehead atoms. The lowest BCUT2D eigenvalue weighted by Gasteiger charge is -2.36. The second-order valence-electron chi connectivity index (χ2n) is 6.85. The maximum absolute atomic E-state index is 12.8. The van der Waals surface area contributed by atoms with E-state index in [0.29, 0.717) is 42.4 Å². The van der Waals surface area contributed by atoms with Gasteiger partial charge in [-0.3, -0.25) is 4.79 Å². The van der Waals surface area contributed by atoms with Crippen LogP contribution in [-0.2, 0) is 0 Å². The van der Waals surface area contributed by atoms with Crippen molar-refractivity contribution >= 4 is 23.3 Å². The van der Waals surface area contributed by atoms with E-state index in [-0.39, 0.29) is 11.9 Å². The Morgan fingerprint density at radius 2 is 1.53 bits per heavy atom. The summed E-state index contributed by atoms with van der Waals surface area (Å²) in [5.74, 6) is 0.606. The largest absolute Gasteiger partial charge is 0.496 e. The minimum atomic E-state index is -0.299. The lowest BCUT2D eigenvalue weighted by molar-refractivity contribution is 0.102. The summed E-state index contributed by atoms with van der Waals surface area (Å²) < 4.78 is 10.6. The minimum Gasteiger partial charge on any atom is -0.496 e. The van der Waals surface area contributed by atoms with Crippen molar-refractivity contribution in [2.24, 2.45) is 0 Å². The van der Waals surface area contributed by atoms with Gasteiger partial charge in [0.1, 0.15) is 17.1 Å². The summed E-state index contributed by atoms with van der Waals surface area (Å²) in [5.41, 5.74) is 2.09. The third kappa shape index (κ3) is 4.76. The normalized spacial score (nSPS) is 13.6. The lowest BCUT2D eigenvalue weighted by Crippen LogP contribution is -2.51. The summed E-state index contributed by atoms with van der Waals surface area (Å²) in [5, 5.41) is 5.73. The number of benzene rings is 2. The van der Waals surface area contributed by atoms with Crippen LogP contribution in [0.5, 0.6) is 11.5 Å². The van der Waals surface area contributed by atoms with Crippen molar-refractivity contribution in [3.8, 4) is 11.5 Å². The molecule has 3 amide bonds. The Bertz CT molecular complexity index is 855. The van der Waals surface area contributed by atoms with Gasteiger partial charge in [-0.2, -0.15) is 0 Å². The van der Waals surface area contributed by atoms with Gasteiger partial charge in [0, 0.05) is 44.1 Å². The topological polar surface area (TPSA) is 83.1 Å². The van der Waals surface area contributed by atoms with E-state index >= 15 is 0 Å². The Hall–Kier alpha value is -3.42. The van der Waals surface area contributed by atoms with Crippen LogP contribution in [0.3, 0.4) is 0 Å². The molecule has 8 nitrogen and oxygen atoms in total. The number of piperazine rings is 1. The van der Waals surface area contributed by atoms with Gasteiger partial charge in [0.2, 0.25) is 0 Å². The van der Waals surface area contributed by atoms with Gasteiger partial charge in [0.15, 0.2) is 0 Å². The molecule has 1 aliphatic rings. The first-order chi connectivity index (χ1) is 14.6. The van der Waals surface area contributed by atoms with Crippen LogP contribution in [0.25, 0.3) is 0 Å². The molecule has 3 rings (SSSR count). The van der Waals surface area contributed by atoms with E-state index in [1.54, 1.807) is 18.2 Å². The zero-order chi connectivity index (χ0) is 21.5. The van der Waals surface area contributed by atoms with E-state index in [0.717, 1.165) is 18.8 Å². The van der Waals surface area contributed by atoms with Crippen LogP contribution in [0.15, 0.2) is 42.5 Å². The number of carbonyl (C=O) groups is 2. The van der Waals surface area contributed by atoms with Crippen molar-refractivity contribution in [3.05, 3.63) is 48.0 Å². The predicted molar refractivity (Wildman–Crippen MR) is 117 cm³/mol. The van der Waals surface area contributed by atoms with E-state index in [4.69, 9.17) is 9.47 Å². The maximum atomic E-state index is 12.8. The second-order valence-corrected chi connectivity index (χ2v) is 6.85. The number of methoxy groups -OCH3 is 2. The molecule has 1 saturated heterocycles. The molecule has 2 aromatic rings. The molecule has 0 saturated carbocycles. The first kappa shape index (κ1) is 21.3. The van der Waals surface area contributed by atoms with Crippen molar-refractivity contribution in [3.63, 3.8) is 0 Å². The van der Waals surface area contributed by atoms with Crippen molar-refractivity contribution in [2.45, 2.75) is 6.92 Å². The number of nitrogens with one attached hydrogen (secondary N) is 2. The molecular weight excluding hydrogens is 384 g/mol. The highest BCUT2D eigenvalue weighted by molar-refractivity contribution is 6.08. The molecule has 0 aromatic heterocycles. The molecular formula is C22H28N4O4. The first-order valence-electron chi connectivity index (χ1n) is 9.97. The van der Waals surface area contributed by atoms with Gasteiger partial charge in [-0.1, -0.05) is 6.07 Å². The molecule has 0 radical (unpaired) electrons. The molecule has 8 heteroatoms. The summed E-state index contributed by atoms with van der Waals surface area (Å²) >= 11 is 0. The summed E-state index contributed by atoms with van der Waals surface area (Å²) in [6.07, 6.45) is 0. The molecule has 0 atom stereocenters. The third-order valence-electron chi connectivity index (χ3n) is 5.04. The van der Waals surface area contributed by atoms with Gasteiger partial charge in [-0.05, 0) is 43.3 Å². The number of rotatable bonds is 6. The molecule has 1 heterocycles. The molecule has 0 spiro atoms. The van der Waals surface area contributed by atoms with Crippen molar-refractivity contribution < 1.29 is 19.1 Å². The number of hydrogen-bond acceptors (Lipinski definition) is 5. The van der Waals surface area contributed by atoms with E-state index in [2.05, 4.69) is 15.5 Å². The van der Waals surface area contributed by atoms with Crippen molar-refractivity contribution in [1.29, 1.82) is 0 Å². The minimum absolute atomic E-state index is 0.0121. The van der Waals surface area contributed by atoms with Gasteiger partial charge in [-0.25, -0.2) is 4.79 Å². The number of urea groups is 1. The van der Waals surface area contributed by atoms with E-state index < -0.39 is 0 Å². The number of amides is 3. The molecule has 2 N–H and O–H groups in total. The molecule has 0 unspecified atom stereocenters. The Balaban J connectivity index is 1.63. The summed E-state index contributed by atoms with van der Waals surface area (Å²) in [7, 11) is 3.04. The Labute approximate surface area is 176 Å². The van der Waals surface area contributed by atoms with E-state index in [1.165, 1.54) is 14.2 Å². The van der Waals surface area contributed by atoms with Gasteiger partial charge >= 0.3 is 6.03 Å². The van der Waals surface area contributed by atoms with Crippen molar-refractivity contribution in [2.75, 3.05) is 57.2 Å². The zero-order valence-electron chi connectivity index (χ0n) is 17.6. The van der Waals surface area contributed by atoms with E-state index in [9.17, 15) is 9.59 Å². The zero-order valence-corrected chi connectivity index (χ0v) is 17.6. The van der Waals surface area contributed by atoms with Gasteiger partial charge < -0.3 is 29.9 Å². The fourth-order valence-corrected chi connectivity index (χ4v) is 3.45. The average molecular weight is 412 g/mol. The maximum Gasteiger partial charge on any atom is 0.317 e. The van der Waals surface area contributed by atoms with Crippen molar-refractivity contribution in [1.82, 2.24) is 10.2 Å². The standard InChI is InChI=1S/C22H28N4O4/c1-4-23-22(28)26-14-12-25(13-15-26)17-10-8-16(9-11-17)24-21(27)20-18(29-2)6-5-7-19(20)30-3/h5-11H,4,12-15H2,1-3H3,(H,23,28)(H,24,27). The molecule has 2 aromatic carbocycles. The first-order valence-corrected chi connectivity index (χ1v) is 9.97. The molecule has 1 fully saturated rings. The average Bonchev–Trinajstić information content (AvgIpc) is 2.79. The smallest absolute Gasteiger partial charge is 0.317 e. The SMILES string of the molecule is CCNC(=O)N1CCN(c2ccc(NC(=O)c3c(OC)cccc3OC)cc2)CC1. The highest BCUT2D eigenvalue weighted by Crippen LogP contribution is 2.29. The Kier molecular flexibility index (Phi) is 7.00. The molecule has 160 valence electrons. The summed E-state index contributed by atoms with van der Waals surface area (Å²) in [4.78, 5) is 28.8. The highest BCUT2D eigenvalue weighted by atomic mass is 16.5. The van der Waals surface area contributed by atoms with Crippen LogP contribution in [0.4, 0.5) is 16.2 Å². The van der Waals surface area contributed by atoms with Crippen LogP contribution < -0.4 is 25.0 Å². The van der Waals surface area contributed by atoms with Gasteiger partial charge in [-0.15, -0.1) is 0 Å². The molecule has 1 aliphatic heterocycles. The Morgan fingerprint density at radius 3 is 2.07 bits per heavy atom. The number of nitrogens with zero attached hydrogens (tertiary/aromatic N) is 2. The van der Waals surface area contributed by atoms with Gasteiger partial charge in [0.25, 0.3) is 5.91 Å². The van der Waals surface area contributed by atoms with E-state index in [1.807, 2.05) is 36.1 Å². The fourth-order valence-electron chi connectivity index (χ4n) is 3.45. The lowest BCUT2D eigenvalue weighted by atomic mass is 10.1. The van der Waals surface area contributed by atoms with Crippen LogP contribution in [-0.4, -0.2) is 63.8 Å². The fraction of sp³-hybridized carbons (Fsp3) is 0.364.